The van der Waals surface area contributed by atoms with E-state index in [0.717, 1.165) is 67.7 Å². The number of nitrogens with zero attached hydrogens (tertiary/aromatic N) is 1. The zero-order valence-corrected chi connectivity index (χ0v) is 24.4. The molecule has 2 saturated carbocycles. The second kappa shape index (κ2) is 11.4. The SMILES string of the molecule is C[C@@H](/C=C\[C@H]1CC[C@@H]1CCN)[C@@H]1CC[C@H]1CN1C[C@@]2(CCCc3cc(Cl)ccc32)COc2ccc(C(=O)O)cc21. The number of nitrogens with two attached hydrogens (primary N) is 1. The van der Waals surface area contributed by atoms with Crippen LogP contribution in [0.1, 0.15) is 73.4 Å². The van der Waals surface area contributed by atoms with Crippen molar-refractivity contribution in [1.29, 1.82) is 0 Å². The maximum Gasteiger partial charge on any atom is 0.335 e. The van der Waals surface area contributed by atoms with Gasteiger partial charge in [-0.15, -0.1) is 0 Å². The lowest BCUT2D eigenvalue weighted by atomic mass is 9.65. The molecular formula is C34H43ClN2O3. The Balaban J connectivity index is 1.26. The fourth-order valence-corrected chi connectivity index (χ4v) is 8.12. The minimum atomic E-state index is -0.899. The highest BCUT2D eigenvalue weighted by Crippen LogP contribution is 2.47. The third-order valence-electron chi connectivity index (χ3n) is 10.6. The largest absolute Gasteiger partial charge is 0.490 e. The van der Waals surface area contributed by atoms with Crippen LogP contribution in [0.2, 0.25) is 5.02 Å². The van der Waals surface area contributed by atoms with Crippen LogP contribution in [0.5, 0.6) is 5.75 Å². The van der Waals surface area contributed by atoms with E-state index in [2.05, 4.69) is 36.1 Å². The Morgan fingerprint density at radius 3 is 2.77 bits per heavy atom. The highest BCUT2D eigenvalue weighted by Gasteiger charge is 2.44. The standard InChI is InChI=1S/C34H43ClN2O3/c1-22(4-5-23-6-7-24(23)14-16-36)29-11-8-27(29)19-37-20-34(15-2-3-25-17-28(35)10-12-30(25)34)21-40-32-13-9-26(33(38)39)18-31(32)37/h4-5,9-10,12-13,17-18,22-24,27,29H,2-3,6-8,11,14-16,19-21,36H2,1H3,(H,38,39)/b5-4-/t22-,23-,24+,27-,29-,34-/m0/s1. The average Bonchev–Trinajstić information content (AvgIpc) is 3.06. The van der Waals surface area contributed by atoms with Crippen molar-refractivity contribution in [2.45, 2.75) is 63.7 Å². The first-order valence-electron chi connectivity index (χ1n) is 15.3. The number of hydrogen-bond donors (Lipinski definition) is 2. The summed E-state index contributed by atoms with van der Waals surface area (Å²) in [5.41, 5.74) is 9.58. The summed E-state index contributed by atoms with van der Waals surface area (Å²) >= 11 is 6.40. The third kappa shape index (κ3) is 5.27. The Kier molecular flexibility index (Phi) is 7.89. The van der Waals surface area contributed by atoms with E-state index >= 15 is 0 Å². The molecule has 0 amide bonds. The summed E-state index contributed by atoms with van der Waals surface area (Å²) < 4.78 is 6.53. The number of carboxylic acids is 1. The molecule has 214 valence electrons. The molecule has 5 nitrogen and oxygen atoms in total. The van der Waals surface area contributed by atoms with Gasteiger partial charge >= 0.3 is 5.97 Å². The summed E-state index contributed by atoms with van der Waals surface area (Å²) in [6.07, 6.45) is 14.4. The summed E-state index contributed by atoms with van der Waals surface area (Å²) in [6, 6.07) is 11.7. The van der Waals surface area contributed by atoms with Gasteiger partial charge in [-0.1, -0.05) is 36.7 Å². The van der Waals surface area contributed by atoms with Crippen LogP contribution in [0, 0.1) is 29.6 Å². The molecule has 6 rings (SSSR count). The molecule has 0 saturated heterocycles. The fraction of sp³-hybridized carbons (Fsp3) is 0.559. The van der Waals surface area contributed by atoms with Crippen LogP contribution in [-0.4, -0.2) is 37.3 Å². The first-order valence-corrected chi connectivity index (χ1v) is 15.7. The number of carbonyl (C=O) groups is 1. The van der Waals surface area contributed by atoms with Crippen LogP contribution >= 0.6 is 11.6 Å². The van der Waals surface area contributed by atoms with Gasteiger partial charge in [0.2, 0.25) is 0 Å². The van der Waals surface area contributed by atoms with Crippen LogP contribution in [0.3, 0.4) is 0 Å². The Labute approximate surface area is 243 Å². The number of carboxylic acid groups (broad SMARTS) is 1. The molecule has 1 heterocycles. The number of rotatable bonds is 8. The Morgan fingerprint density at radius 1 is 1.20 bits per heavy atom. The topological polar surface area (TPSA) is 75.8 Å². The van der Waals surface area contributed by atoms with Gasteiger partial charge in [-0.25, -0.2) is 4.79 Å². The molecule has 2 aromatic carbocycles. The molecule has 4 aliphatic rings. The molecule has 3 aliphatic carbocycles. The van der Waals surface area contributed by atoms with Gasteiger partial charge in [0.1, 0.15) is 5.75 Å². The zero-order chi connectivity index (χ0) is 27.9. The number of aryl methyl sites for hydroxylation is 1. The predicted molar refractivity (Wildman–Crippen MR) is 162 cm³/mol. The summed E-state index contributed by atoms with van der Waals surface area (Å²) in [7, 11) is 0. The number of fused-ring (bicyclic) bond motifs is 3. The zero-order valence-electron chi connectivity index (χ0n) is 23.7. The lowest BCUT2D eigenvalue weighted by molar-refractivity contribution is 0.0697. The van der Waals surface area contributed by atoms with Gasteiger partial charge < -0.3 is 20.5 Å². The molecule has 2 fully saturated rings. The Morgan fingerprint density at radius 2 is 2.05 bits per heavy atom. The van der Waals surface area contributed by atoms with Gasteiger partial charge in [0.25, 0.3) is 0 Å². The molecule has 40 heavy (non-hydrogen) atoms. The van der Waals surface area contributed by atoms with Crippen molar-refractivity contribution in [2.75, 3.05) is 31.1 Å². The average molecular weight is 563 g/mol. The molecule has 6 atom stereocenters. The highest BCUT2D eigenvalue weighted by atomic mass is 35.5. The van der Waals surface area contributed by atoms with Gasteiger partial charge in [0.05, 0.1) is 17.9 Å². The van der Waals surface area contributed by atoms with E-state index < -0.39 is 5.97 Å². The number of aromatic carboxylic acids is 1. The third-order valence-corrected chi connectivity index (χ3v) is 10.8. The quantitative estimate of drug-likeness (QED) is 0.335. The van der Waals surface area contributed by atoms with E-state index in [9.17, 15) is 9.90 Å². The molecule has 1 spiro atoms. The van der Waals surface area contributed by atoms with Gasteiger partial charge in [-0.2, -0.15) is 0 Å². The molecular weight excluding hydrogens is 520 g/mol. The van der Waals surface area contributed by atoms with Crippen molar-refractivity contribution in [1.82, 2.24) is 0 Å². The first-order chi connectivity index (χ1) is 19.4. The van der Waals surface area contributed by atoms with Crippen molar-refractivity contribution < 1.29 is 14.6 Å². The lowest BCUT2D eigenvalue weighted by Gasteiger charge is -2.46. The van der Waals surface area contributed by atoms with Crippen molar-refractivity contribution in [3.05, 3.63) is 70.3 Å². The van der Waals surface area contributed by atoms with Gasteiger partial charge in [0, 0.05) is 23.5 Å². The van der Waals surface area contributed by atoms with Gasteiger partial charge in [-0.3, -0.25) is 0 Å². The summed E-state index contributed by atoms with van der Waals surface area (Å²) in [4.78, 5) is 14.4. The van der Waals surface area contributed by atoms with Gasteiger partial charge in [0.15, 0.2) is 0 Å². The molecule has 2 aromatic rings. The van der Waals surface area contributed by atoms with Gasteiger partial charge in [-0.05, 0) is 129 Å². The van der Waals surface area contributed by atoms with Crippen LogP contribution in [0.15, 0.2) is 48.6 Å². The number of allylic oxidation sites excluding steroid dienone is 2. The first kappa shape index (κ1) is 27.7. The van der Waals surface area contributed by atoms with Crippen LogP contribution < -0.4 is 15.4 Å². The molecule has 1 aliphatic heterocycles. The van der Waals surface area contributed by atoms with Crippen molar-refractivity contribution in [3.8, 4) is 5.75 Å². The lowest BCUT2D eigenvalue weighted by Crippen LogP contribution is -2.49. The van der Waals surface area contributed by atoms with E-state index in [-0.39, 0.29) is 5.41 Å². The number of hydrogen-bond acceptors (Lipinski definition) is 4. The smallest absolute Gasteiger partial charge is 0.335 e. The summed E-state index contributed by atoms with van der Waals surface area (Å²) in [5.74, 6) is 3.13. The van der Waals surface area contributed by atoms with E-state index in [4.69, 9.17) is 22.1 Å². The van der Waals surface area contributed by atoms with Crippen LogP contribution in [0.4, 0.5) is 5.69 Å². The maximum atomic E-state index is 11.9. The van der Waals surface area contributed by atoms with Crippen molar-refractivity contribution >= 4 is 23.3 Å². The molecule has 0 bridgehead atoms. The normalized spacial score (nSPS) is 30.0. The Bertz CT molecular complexity index is 1280. The molecule has 3 N–H and O–H groups in total. The monoisotopic (exact) mass is 562 g/mol. The summed E-state index contributed by atoms with van der Waals surface area (Å²) in [5, 5.41) is 10.6. The molecule has 0 aromatic heterocycles. The fourth-order valence-electron chi connectivity index (χ4n) is 7.93. The van der Waals surface area contributed by atoms with E-state index in [1.54, 1.807) is 6.07 Å². The number of ether oxygens (including phenoxy) is 1. The number of halogens is 1. The molecule has 6 heteroatoms. The minimum Gasteiger partial charge on any atom is -0.490 e. The second-order valence-corrected chi connectivity index (χ2v) is 13.4. The Hall–Kier alpha value is -2.50. The van der Waals surface area contributed by atoms with E-state index in [1.807, 2.05) is 18.2 Å². The van der Waals surface area contributed by atoms with E-state index in [0.29, 0.717) is 35.8 Å². The maximum absolute atomic E-state index is 11.9. The predicted octanol–water partition coefficient (Wildman–Crippen LogP) is 7.10. The molecule has 0 radical (unpaired) electrons. The van der Waals surface area contributed by atoms with Crippen LogP contribution in [-0.2, 0) is 11.8 Å². The van der Waals surface area contributed by atoms with Crippen molar-refractivity contribution in [3.63, 3.8) is 0 Å². The van der Waals surface area contributed by atoms with E-state index in [1.165, 1.54) is 36.8 Å². The minimum absolute atomic E-state index is 0.145. The summed E-state index contributed by atoms with van der Waals surface area (Å²) in [6.45, 7) is 5.52. The number of benzene rings is 2. The van der Waals surface area contributed by atoms with Crippen LogP contribution in [0.25, 0.3) is 0 Å². The number of anilines is 1. The highest BCUT2D eigenvalue weighted by molar-refractivity contribution is 6.30. The van der Waals surface area contributed by atoms with Crippen molar-refractivity contribution in [2.24, 2.45) is 35.3 Å². The molecule has 0 unspecified atom stereocenters. The second-order valence-electron chi connectivity index (χ2n) is 12.9.